The van der Waals surface area contributed by atoms with Gasteiger partial charge in [-0.15, -0.1) is 23.7 Å². The molecule has 1 amide bonds. The second-order valence-electron chi connectivity index (χ2n) is 5.45. The fourth-order valence-corrected chi connectivity index (χ4v) is 3.53. The van der Waals surface area contributed by atoms with Gasteiger partial charge in [-0.2, -0.15) is 0 Å². The largest absolute Gasteiger partial charge is 0.465 e. The van der Waals surface area contributed by atoms with Crippen LogP contribution >= 0.6 is 23.7 Å². The molecule has 0 radical (unpaired) electrons. The Morgan fingerprint density at radius 3 is 2.83 bits per heavy atom. The number of ether oxygens (including phenoxy) is 2. The monoisotopic (exact) mass is 377 g/mol. The molecule has 9 heteroatoms. The van der Waals surface area contributed by atoms with Gasteiger partial charge in [0.05, 0.1) is 25.4 Å². The molecule has 0 spiro atoms. The minimum absolute atomic E-state index is 0. The molecule has 136 valence electrons. The van der Waals surface area contributed by atoms with Gasteiger partial charge in [0.2, 0.25) is 5.91 Å². The number of nitrogens with one attached hydrogen (secondary N) is 1. The van der Waals surface area contributed by atoms with E-state index in [9.17, 15) is 9.59 Å². The third-order valence-corrected chi connectivity index (χ3v) is 4.95. The smallest absolute Gasteiger partial charge is 0.350 e. The maximum Gasteiger partial charge on any atom is 0.350 e. The minimum atomic E-state index is -0.448. The molecule has 1 saturated heterocycles. The van der Waals surface area contributed by atoms with Gasteiger partial charge in [-0.1, -0.05) is 0 Å². The Morgan fingerprint density at radius 1 is 1.46 bits per heavy atom. The molecular weight excluding hydrogens is 354 g/mol. The summed E-state index contributed by atoms with van der Waals surface area (Å²) in [6, 6.07) is 1.83. The number of methoxy groups -OCH3 is 2. The lowest BCUT2D eigenvalue weighted by molar-refractivity contribution is -0.118. The first-order valence-corrected chi connectivity index (χ1v) is 8.39. The molecule has 0 aromatic carbocycles. The van der Waals surface area contributed by atoms with Crippen LogP contribution in [0.25, 0.3) is 0 Å². The van der Waals surface area contributed by atoms with Gasteiger partial charge in [-0.3, -0.25) is 9.69 Å². The van der Waals surface area contributed by atoms with Crippen molar-refractivity contribution in [3.63, 3.8) is 0 Å². The number of rotatable bonds is 6. The zero-order valence-electron chi connectivity index (χ0n) is 13.8. The summed E-state index contributed by atoms with van der Waals surface area (Å²) in [6.07, 6.45) is 1.91. The highest BCUT2D eigenvalue weighted by Crippen LogP contribution is 2.24. The molecule has 1 aromatic heterocycles. The van der Waals surface area contributed by atoms with Gasteiger partial charge in [-0.25, -0.2) is 4.79 Å². The Kier molecular flexibility index (Phi) is 8.65. The van der Waals surface area contributed by atoms with Crippen molar-refractivity contribution in [3.8, 4) is 0 Å². The van der Waals surface area contributed by atoms with E-state index in [1.54, 1.807) is 18.6 Å². The van der Waals surface area contributed by atoms with Crippen LogP contribution in [0.3, 0.4) is 0 Å². The molecule has 0 saturated carbocycles. The van der Waals surface area contributed by atoms with E-state index in [1.165, 1.54) is 18.4 Å². The lowest BCUT2D eigenvalue weighted by Crippen LogP contribution is -2.51. The van der Waals surface area contributed by atoms with Crippen molar-refractivity contribution in [1.82, 2.24) is 4.90 Å². The van der Waals surface area contributed by atoms with Crippen molar-refractivity contribution in [2.75, 3.05) is 39.2 Å². The first-order chi connectivity index (χ1) is 11.1. The van der Waals surface area contributed by atoms with Crippen LogP contribution in [0.5, 0.6) is 0 Å². The Morgan fingerprint density at radius 2 is 2.21 bits per heavy atom. The summed E-state index contributed by atoms with van der Waals surface area (Å²) in [5.41, 5.74) is 6.30. The molecule has 0 aliphatic carbocycles. The molecule has 24 heavy (non-hydrogen) atoms. The average Bonchev–Trinajstić information content (AvgIpc) is 3.02. The molecule has 1 aliphatic heterocycles. The number of piperidine rings is 1. The maximum atomic E-state index is 12.3. The van der Waals surface area contributed by atoms with Crippen LogP contribution in [0, 0.1) is 0 Å². The predicted molar refractivity (Wildman–Crippen MR) is 96.0 cm³/mol. The number of anilines is 1. The SMILES string of the molecule is COC(=O)c1sccc1NC(=O)CN1CCC(OC)CC1CN.Cl. The average molecular weight is 378 g/mol. The maximum absolute atomic E-state index is 12.3. The second-order valence-corrected chi connectivity index (χ2v) is 6.36. The number of amides is 1. The third kappa shape index (κ3) is 5.15. The number of nitrogens with zero attached hydrogens (tertiary/aromatic N) is 1. The van der Waals surface area contributed by atoms with Crippen molar-refractivity contribution >= 4 is 41.3 Å². The van der Waals surface area contributed by atoms with Gasteiger partial charge in [0.1, 0.15) is 4.88 Å². The minimum Gasteiger partial charge on any atom is -0.465 e. The van der Waals surface area contributed by atoms with Crippen molar-refractivity contribution in [2.24, 2.45) is 5.73 Å². The van der Waals surface area contributed by atoms with E-state index < -0.39 is 5.97 Å². The molecule has 3 N–H and O–H groups in total. The molecule has 2 rings (SSSR count). The van der Waals surface area contributed by atoms with Gasteiger partial charge in [-0.05, 0) is 24.3 Å². The second kappa shape index (κ2) is 9.95. The Bertz CT molecular complexity index is 555. The number of esters is 1. The number of likely N-dealkylation sites (tertiary alicyclic amines) is 1. The highest BCUT2D eigenvalue weighted by atomic mass is 35.5. The Balaban J connectivity index is 0.00000288. The molecule has 2 unspecified atom stereocenters. The number of hydrogen-bond donors (Lipinski definition) is 2. The van der Waals surface area contributed by atoms with E-state index in [0.29, 0.717) is 17.1 Å². The summed E-state index contributed by atoms with van der Waals surface area (Å²) < 4.78 is 10.1. The number of nitrogens with two attached hydrogens (primary N) is 1. The zero-order chi connectivity index (χ0) is 16.8. The van der Waals surface area contributed by atoms with E-state index in [0.717, 1.165) is 19.4 Å². The Labute approximate surface area is 151 Å². The van der Waals surface area contributed by atoms with E-state index >= 15 is 0 Å². The van der Waals surface area contributed by atoms with Gasteiger partial charge in [0.25, 0.3) is 0 Å². The van der Waals surface area contributed by atoms with Gasteiger partial charge < -0.3 is 20.5 Å². The van der Waals surface area contributed by atoms with Crippen LogP contribution in [0.1, 0.15) is 22.5 Å². The molecule has 0 bridgehead atoms. The van der Waals surface area contributed by atoms with E-state index in [2.05, 4.69) is 10.2 Å². The third-order valence-electron chi connectivity index (χ3n) is 4.05. The molecule has 1 aromatic rings. The first-order valence-electron chi connectivity index (χ1n) is 7.51. The molecular formula is C15H24ClN3O4S. The lowest BCUT2D eigenvalue weighted by Gasteiger charge is -2.37. The fraction of sp³-hybridized carbons (Fsp3) is 0.600. The van der Waals surface area contributed by atoms with E-state index in [1.807, 2.05) is 0 Å². The van der Waals surface area contributed by atoms with Gasteiger partial charge in [0, 0.05) is 26.2 Å². The van der Waals surface area contributed by atoms with E-state index in [4.69, 9.17) is 15.2 Å². The summed E-state index contributed by atoms with van der Waals surface area (Å²) in [4.78, 5) is 26.4. The van der Waals surface area contributed by atoms with Gasteiger partial charge in [0.15, 0.2) is 0 Å². The summed E-state index contributed by atoms with van der Waals surface area (Å²) in [5, 5.41) is 4.52. The van der Waals surface area contributed by atoms with Crippen molar-refractivity contribution in [3.05, 3.63) is 16.3 Å². The number of halogens is 1. The van der Waals surface area contributed by atoms with Crippen LogP contribution in [0.2, 0.25) is 0 Å². The van der Waals surface area contributed by atoms with Crippen LogP contribution in [-0.2, 0) is 14.3 Å². The molecule has 1 aliphatic rings. The molecule has 2 atom stereocenters. The zero-order valence-corrected chi connectivity index (χ0v) is 15.5. The molecule has 1 fully saturated rings. The van der Waals surface area contributed by atoms with Crippen LogP contribution in [-0.4, -0.2) is 62.8 Å². The normalized spacial score (nSPS) is 21.0. The number of carbonyl (C=O) groups excluding carboxylic acids is 2. The number of carbonyl (C=O) groups is 2. The van der Waals surface area contributed by atoms with Crippen LogP contribution in [0.15, 0.2) is 11.4 Å². The number of thiophene rings is 1. The summed E-state index contributed by atoms with van der Waals surface area (Å²) in [7, 11) is 3.02. The standard InChI is InChI=1S/C15H23N3O4S.ClH/c1-21-11-3-5-18(10(7-11)8-16)9-13(19)17-12-4-6-23-14(12)15(20)22-2;/h4,6,10-11H,3,5,7-9,16H2,1-2H3,(H,17,19);1H. The van der Waals surface area contributed by atoms with Gasteiger partial charge >= 0.3 is 5.97 Å². The topological polar surface area (TPSA) is 93.9 Å². The fourth-order valence-electron chi connectivity index (χ4n) is 2.76. The predicted octanol–water partition coefficient (Wildman–Crippen LogP) is 1.33. The summed E-state index contributed by atoms with van der Waals surface area (Å²) >= 11 is 1.24. The Hall–Kier alpha value is -1.19. The van der Waals surface area contributed by atoms with Crippen LogP contribution < -0.4 is 11.1 Å². The van der Waals surface area contributed by atoms with Crippen molar-refractivity contribution in [2.45, 2.75) is 25.0 Å². The molecule has 7 nitrogen and oxygen atoms in total. The number of hydrogen-bond acceptors (Lipinski definition) is 7. The van der Waals surface area contributed by atoms with E-state index in [-0.39, 0.29) is 37.0 Å². The highest BCUT2D eigenvalue weighted by Gasteiger charge is 2.29. The van der Waals surface area contributed by atoms with Crippen LogP contribution in [0.4, 0.5) is 5.69 Å². The van der Waals surface area contributed by atoms with Crippen molar-refractivity contribution in [1.29, 1.82) is 0 Å². The lowest BCUT2D eigenvalue weighted by atomic mass is 9.99. The quantitative estimate of drug-likeness (QED) is 0.726. The summed E-state index contributed by atoms with van der Waals surface area (Å²) in [5.74, 6) is -0.612. The first kappa shape index (κ1) is 20.9. The molecule has 2 heterocycles. The highest BCUT2D eigenvalue weighted by molar-refractivity contribution is 7.12. The summed E-state index contributed by atoms with van der Waals surface area (Å²) in [6.45, 7) is 1.50. The van der Waals surface area contributed by atoms with Crippen molar-refractivity contribution < 1.29 is 19.1 Å².